The molecule has 1 aromatic carbocycles. The Morgan fingerprint density at radius 1 is 1.10 bits per heavy atom. The summed E-state index contributed by atoms with van der Waals surface area (Å²) in [5.74, 6) is -5.55. The van der Waals surface area contributed by atoms with E-state index in [1.165, 1.54) is 42.6 Å². The van der Waals surface area contributed by atoms with Gasteiger partial charge < -0.3 is 9.64 Å². The number of sulfone groups is 1. The topological polar surface area (TPSA) is 97.8 Å². The van der Waals surface area contributed by atoms with Crippen LogP contribution in [0.15, 0.2) is 47.5 Å². The van der Waals surface area contributed by atoms with Gasteiger partial charge in [-0.2, -0.15) is 22.0 Å². The molecule has 1 unspecified atom stereocenters. The van der Waals surface area contributed by atoms with Crippen LogP contribution < -0.4 is 5.48 Å². The second-order valence-corrected chi connectivity index (χ2v) is 12.8. The number of rotatable bonds is 10. The van der Waals surface area contributed by atoms with Crippen molar-refractivity contribution in [3.05, 3.63) is 48.2 Å². The Bertz CT molecular complexity index is 1310. The fourth-order valence-corrected chi connectivity index (χ4v) is 7.03. The maximum atomic E-state index is 14.0. The number of halogens is 5. The molecule has 0 aliphatic carbocycles. The van der Waals surface area contributed by atoms with Crippen LogP contribution in [-0.2, 0) is 30.6 Å². The number of carbonyl (C=O) groups is 1. The molecule has 0 saturated carbocycles. The van der Waals surface area contributed by atoms with E-state index in [2.05, 4.69) is 15.4 Å². The number of aryl methyl sites for hydroxylation is 1. The summed E-state index contributed by atoms with van der Waals surface area (Å²) in [7, 11) is -4.19. The van der Waals surface area contributed by atoms with Gasteiger partial charge >= 0.3 is 12.1 Å². The van der Waals surface area contributed by atoms with Crippen molar-refractivity contribution >= 4 is 15.7 Å². The molecule has 2 saturated heterocycles. The molecule has 2 aliphatic rings. The highest BCUT2D eigenvalue weighted by molar-refractivity contribution is 7.93. The largest absolute Gasteiger partial charge is 0.453 e. The minimum Gasteiger partial charge on any atom is -0.350 e. The molecule has 42 heavy (non-hydrogen) atoms. The molecule has 8 nitrogen and oxygen atoms in total. The van der Waals surface area contributed by atoms with Gasteiger partial charge in [-0.3, -0.25) is 9.78 Å². The predicted octanol–water partition coefficient (Wildman–Crippen LogP) is 5.08. The average molecular weight is 620 g/mol. The van der Waals surface area contributed by atoms with Gasteiger partial charge in [0.25, 0.3) is 5.91 Å². The van der Waals surface area contributed by atoms with Crippen molar-refractivity contribution in [2.24, 2.45) is 0 Å². The van der Waals surface area contributed by atoms with Gasteiger partial charge in [-0.05, 0) is 62.4 Å². The zero-order valence-corrected chi connectivity index (χ0v) is 23.9. The Kier molecular flexibility index (Phi) is 9.90. The van der Waals surface area contributed by atoms with Gasteiger partial charge in [0, 0.05) is 44.3 Å². The number of likely N-dealkylation sites (tertiary alicyclic amines) is 1. The first kappa shape index (κ1) is 32.2. The van der Waals surface area contributed by atoms with Crippen LogP contribution in [0.25, 0.3) is 11.3 Å². The lowest BCUT2D eigenvalue weighted by Crippen LogP contribution is -2.58. The zero-order chi connectivity index (χ0) is 30.6. The Morgan fingerprint density at radius 3 is 2.33 bits per heavy atom. The molecule has 1 amide bonds. The van der Waals surface area contributed by atoms with E-state index in [1.807, 2.05) is 6.92 Å². The summed E-state index contributed by atoms with van der Waals surface area (Å²) in [6.45, 7) is 3.99. The van der Waals surface area contributed by atoms with Crippen molar-refractivity contribution < 1.29 is 44.7 Å². The number of nitrogens with zero attached hydrogens (tertiary/aromatic N) is 2. The molecule has 2 aliphatic heterocycles. The molecule has 0 spiro atoms. The van der Waals surface area contributed by atoms with Gasteiger partial charge in [-0.25, -0.2) is 18.7 Å². The molecule has 14 heteroatoms. The smallest absolute Gasteiger partial charge is 0.350 e. The summed E-state index contributed by atoms with van der Waals surface area (Å²) in [6, 6.07) is 8.62. The number of nitrogens with one attached hydrogen (secondary N) is 1. The minimum absolute atomic E-state index is 0.0636. The number of aromatic nitrogens is 1. The summed E-state index contributed by atoms with van der Waals surface area (Å²) in [5, 5.41) is 0. The Morgan fingerprint density at radius 2 is 1.79 bits per heavy atom. The monoisotopic (exact) mass is 619 g/mol. The van der Waals surface area contributed by atoms with E-state index in [0.717, 1.165) is 19.4 Å². The van der Waals surface area contributed by atoms with Crippen LogP contribution in [0.2, 0.25) is 0 Å². The average Bonchev–Trinajstić information content (AvgIpc) is 2.99. The summed E-state index contributed by atoms with van der Waals surface area (Å²) < 4.78 is 95.5. The van der Waals surface area contributed by atoms with Crippen molar-refractivity contribution in [3.63, 3.8) is 0 Å². The number of amides is 1. The molecule has 1 N–H and O–H groups in total. The van der Waals surface area contributed by atoms with Crippen LogP contribution in [0.3, 0.4) is 0 Å². The van der Waals surface area contributed by atoms with Gasteiger partial charge in [0.2, 0.25) is 0 Å². The molecule has 0 radical (unpaired) electrons. The molecule has 1 atom stereocenters. The van der Waals surface area contributed by atoms with E-state index in [1.54, 1.807) is 0 Å². The van der Waals surface area contributed by atoms with Gasteiger partial charge in [-0.1, -0.05) is 25.1 Å². The Balaban J connectivity index is 1.50. The Labute approximate surface area is 241 Å². The fraction of sp³-hybridized carbons (Fsp3) is 0.571. The SMILES string of the molecule is CCN1CCC(C(=O)NOC2CCCCO2)(S(=O)(=O)c2ccc(-c3ccc(CCC(F)(F)C(F)(F)F)cn3)cc2)CC1. The van der Waals surface area contributed by atoms with Crippen LogP contribution in [-0.4, -0.2) is 73.6 Å². The highest BCUT2D eigenvalue weighted by atomic mass is 32.2. The first-order valence-corrected chi connectivity index (χ1v) is 15.3. The van der Waals surface area contributed by atoms with Gasteiger partial charge in [0.1, 0.15) is 0 Å². The summed E-state index contributed by atoms with van der Waals surface area (Å²) in [5.41, 5.74) is 3.43. The van der Waals surface area contributed by atoms with E-state index in [-0.39, 0.29) is 23.3 Å². The molecular weight excluding hydrogens is 585 g/mol. The number of ether oxygens (including phenoxy) is 1. The fourth-order valence-electron chi connectivity index (χ4n) is 5.08. The zero-order valence-electron chi connectivity index (χ0n) is 23.1. The van der Waals surface area contributed by atoms with Crippen molar-refractivity contribution in [1.29, 1.82) is 0 Å². The number of hydrogen-bond donors (Lipinski definition) is 1. The summed E-state index contributed by atoms with van der Waals surface area (Å²) in [4.78, 5) is 25.0. The van der Waals surface area contributed by atoms with E-state index in [4.69, 9.17) is 9.57 Å². The highest BCUT2D eigenvalue weighted by Gasteiger charge is 2.56. The number of alkyl halides is 5. The van der Waals surface area contributed by atoms with E-state index >= 15 is 0 Å². The summed E-state index contributed by atoms with van der Waals surface area (Å²) >= 11 is 0. The lowest BCUT2D eigenvalue weighted by molar-refractivity contribution is -0.284. The molecule has 1 aromatic heterocycles. The molecule has 3 heterocycles. The van der Waals surface area contributed by atoms with Crippen LogP contribution in [0.1, 0.15) is 51.0 Å². The Hall–Kier alpha value is -2.68. The number of pyridine rings is 1. The first-order chi connectivity index (χ1) is 19.8. The number of hydrogen-bond acceptors (Lipinski definition) is 7. The molecular formula is C28H34F5N3O5S. The van der Waals surface area contributed by atoms with Gasteiger partial charge in [0.15, 0.2) is 20.9 Å². The van der Waals surface area contributed by atoms with Crippen molar-refractivity contribution in [1.82, 2.24) is 15.4 Å². The third kappa shape index (κ3) is 6.92. The lowest BCUT2D eigenvalue weighted by atomic mass is 9.95. The van der Waals surface area contributed by atoms with E-state index in [9.17, 15) is 35.2 Å². The van der Waals surface area contributed by atoms with Crippen molar-refractivity contribution in [3.8, 4) is 11.3 Å². The van der Waals surface area contributed by atoms with Gasteiger partial charge in [0.05, 0.1) is 10.6 Å². The second kappa shape index (κ2) is 12.9. The molecule has 232 valence electrons. The van der Waals surface area contributed by atoms with Crippen LogP contribution in [0.5, 0.6) is 0 Å². The highest BCUT2D eigenvalue weighted by Crippen LogP contribution is 2.39. The molecule has 0 bridgehead atoms. The number of hydroxylamine groups is 1. The maximum absolute atomic E-state index is 14.0. The van der Waals surface area contributed by atoms with Crippen LogP contribution >= 0.6 is 0 Å². The standard InChI is InChI=1S/C28H34F5N3O5S/c1-2-36-16-14-26(15-17-36,25(37)35-41-24-5-3-4-18-40-24)42(38,39)22-9-7-21(8-10-22)23-11-6-20(19-34-23)12-13-27(29,30)28(31,32)33/h6-11,19,24H,2-5,12-18H2,1H3,(H,35,37). The van der Waals surface area contributed by atoms with Crippen LogP contribution in [0, 0.1) is 0 Å². The predicted molar refractivity (Wildman–Crippen MR) is 143 cm³/mol. The summed E-state index contributed by atoms with van der Waals surface area (Å²) in [6.07, 6.45) is -4.49. The molecule has 2 aromatic rings. The molecule has 2 fully saturated rings. The second-order valence-electron chi connectivity index (χ2n) is 10.6. The van der Waals surface area contributed by atoms with Crippen LogP contribution in [0.4, 0.5) is 22.0 Å². The minimum atomic E-state index is -5.62. The van der Waals surface area contributed by atoms with E-state index in [0.29, 0.717) is 37.4 Å². The third-order valence-electron chi connectivity index (χ3n) is 7.89. The number of carbonyl (C=O) groups excluding carboxylic acids is 1. The number of piperidine rings is 1. The first-order valence-electron chi connectivity index (χ1n) is 13.8. The lowest BCUT2D eigenvalue weighted by Gasteiger charge is -2.39. The van der Waals surface area contributed by atoms with E-state index < -0.39 is 51.7 Å². The quantitative estimate of drug-likeness (QED) is 0.293. The molecule has 4 rings (SSSR count). The number of benzene rings is 1. The normalized spacial score (nSPS) is 20.3. The third-order valence-corrected chi connectivity index (χ3v) is 10.4. The van der Waals surface area contributed by atoms with Gasteiger partial charge in [-0.15, -0.1) is 0 Å². The van der Waals surface area contributed by atoms with Crippen molar-refractivity contribution in [2.75, 3.05) is 26.2 Å². The van der Waals surface area contributed by atoms with Crippen molar-refractivity contribution in [2.45, 2.75) is 79.9 Å². The maximum Gasteiger partial charge on any atom is 0.453 e.